The van der Waals surface area contributed by atoms with E-state index in [4.69, 9.17) is 4.74 Å². The topological polar surface area (TPSA) is 9.23 Å². The second-order valence-corrected chi connectivity index (χ2v) is 5.43. The lowest BCUT2D eigenvalue weighted by Crippen LogP contribution is -2.24. The fourth-order valence-corrected chi connectivity index (χ4v) is 1.66. The van der Waals surface area contributed by atoms with E-state index in [0.717, 1.165) is 11.3 Å². The first-order chi connectivity index (χ1) is 7.20. The van der Waals surface area contributed by atoms with Crippen molar-refractivity contribution in [1.29, 1.82) is 0 Å². The predicted molar refractivity (Wildman–Crippen MR) is 71.0 cm³/mol. The third-order valence-electron chi connectivity index (χ3n) is 2.36. The summed E-state index contributed by atoms with van der Waals surface area (Å²) in [6, 6.07) is 4.27. The quantitative estimate of drug-likeness (QED) is 0.709. The molecular formula is C15H22O. The van der Waals surface area contributed by atoms with Crippen molar-refractivity contribution >= 4 is 5.57 Å². The Kier molecular flexibility index (Phi) is 3.47. The van der Waals surface area contributed by atoms with E-state index in [1.54, 1.807) is 0 Å². The lowest BCUT2D eigenvalue weighted by atomic mass is 10.0. The molecule has 0 unspecified atom stereocenters. The normalized spacial score (nSPS) is 11.4. The first kappa shape index (κ1) is 12.8. The molecule has 0 N–H and O–H groups in total. The minimum atomic E-state index is -0.153. The van der Waals surface area contributed by atoms with E-state index in [1.165, 1.54) is 16.7 Å². The van der Waals surface area contributed by atoms with E-state index < -0.39 is 0 Å². The van der Waals surface area contributed by atoms with E-state index in [0.29, 0.717) is 0 Å². The van der Waals surface area contributed by atoms with Crippen LogP contribution in [0, 0.1) is 13.8 Å². The monoisotopic (exact) mass is 218 g/mol. The number of rotatable bonds is 2. The molecule has 1 rings (SSSR count). The maximum atomic E-state index is 5.97. The molecule has 0 atom stereocenters. The van der Waals surface area contributed by atoms with Crippen LogP contribution < -0.4 is 4.74 Å². The maximum absolute atomic E-state index is 5.97. The third-order valence-corrected chi connectivity index (χ3v) is 2.36. The van der Waals surface area contributed by atoms with Crippen molar-refractivity contribution in [2.75, 3.05) is 0 Å². The largest absolute Gasteiger partial charge is 0.488 e. The summed E-state index contributed by atoms with van der Waals surface area (Å²) in [5, 5.41) is 0. The van der Waals surface area contributed by atoms with Gasteiger partial charge in [0.25, 0.3) is 0 Å². The van der Waals surface area contributed by atoms with Crippen molar-refractivity contribution in [2.24, 2.45) is 0 Å². The van der Waals surface area contributed by atoms with Crippen molar-refractivity contribution in [3.05, 3.63) is 35.4 Å². The Balaban J connectivity index is 3.18. The van der Waals surface area contributed by atoms with E-state index in [-0.39, 0.29) is 5.60 Å². The minimum absolute atomic E-state index is 0.153. The Hall–Kier alpha value is -1.24. The van der Waals surface area contributed by atoms with Crippen LogP contribution in [0.1, 0.15) is 44.4 Å². The summed E-state index contributed by atoms with van der Waals surface area (Å²) in [5.74, 6) is 0.998. The molecule has 0 aromatic heterocycles. The molecular weight excluding hydrogens is 196 g/mol. The Morgan fingerprint density at radius 3 is 1.88 bits per heavy atom. The Labute approximate surface area is 99.1 Å². The number of aryl methyl sites for hydroxylation is 2. The smallest absolute Gasteiger partial charge is 0.125 e. The second-order valence-electron chi connectivity index (χ2n) is 5.43. The van der Waals surface area contributed by atoms with Gasteiger partial charge in [-0.2, -0.15) is 0 Å². The molecule has 1 aromatic carbocycles. The van der Waals surface area contributed by atoms with Crippen LogP contribution in [0.15, 0.2) is 18.7 Å². The summed E-state index contributed by atoms with van der Waals surface area (Å²) in [6.07, 6.45) is 0. The van der Waals surface area contributed by atoms with Crippen molar-refractivity contribution < 1.29 is 4.74 Å². The number of hydrogen-bond donors (Lipinski definition) is 0. The molecule has 0 heterocycles. The van der Waals surface area contributed by atoms with Gasteiger partial charge in [-0.1, -0.05) is 12.2 Å². The molecule has 88 valence electrons. The predicted octanol–water partition coefficient (Wildman–Crippen LogP) is 4.51. The van der Waals surface area contributed by atoms with Crippen LogP contribution in [0.25, 0.3) is 5.57 Å². The zero-order valence-corrected chi connectivity index (χ0v) is 11.3. The average Bonchev–Trinajstić information content (AvgIpc) is 2.09. The number of ether oxygens (including phenoxy) is 1. The molecule has 1 nitrogen and oxygen atoms in total. The highest BCUT2D eigenvalue weighted by molar-refractivity contribution is 5.64. The van der Waals surface area contributed by atoms with Gasteiger partial charge in [0.1, 0.15) is 11.4 Å². The SMILES string of the molecule is C=C(C)c1cc(C)c(OC(C)(C)C)c(C)c1. The van der Waals surface area contributed by atoms with Gasteiger partial charge >= 0.3 is 0 Å². The van der Waals surface area contributed by atoms with Crippen LogP contribution in [-0.2, 0) is 0 Å². The Bertz CT molecular complexity index is 385. The third kappa shape index (κ3) is 3.13. The van der Waals surface area contributed by atoms with E-state index in [2.05, 4.69) is 53.3 Å². The molecule has 0 aliphatic rings. The maximum Gasteiger partial charge on any atom is 0.125 e. The fourth-order valence-electron chi connectivity index (χ4n) is 1.66. The molecule has 16 heavy (non-hydrogen) atoms. The highest BCUT2D eigenvalue weighted by atomic mass is 16.5. The van der Waals surface area contributed by atoms with Crippen LogP contribution in [-0.4, -0.2) is 5.60 Å². The molecule has 1 aromatic rings. The molecule has 0 fully saturated rings. The minimum Gasteiger partial charge on any atom is -0.488 e. The van der Waals surface area contributed by atoms with Crippen molar-refractivity contribution in [3.8, 4) is 5.75 Å². The first-order valence-electron chi connectivity index (χ1n) is 5.67. The summed E-state index contributed by atoms with van der Waals surface area (Å²) in [4.78, 5) is 0. The molecule has 0 aliphatic carbocycles. The van der Waals surface area contributed by atoms with E-state index >= 15 is 0 Å². The summed E-state index contributed by atoms with van der Waals surface area (Å²) < 4.78 is 5.97. The van der Waals surface area contributed by atoms with E-state index in [9.17, 15) is 0 Å². The second kappa shape index (κ2) is 4.32. The van der Waals surface area contributed by atoms with Crippen LogP contribution in [0.2, 0.25) is 0 Å². The van der Waals surface area contributed by atoms with Gasteiger partial charge in [-0.3, -0.25) is 0 Å². The van der Waals surface area contributed by atoms with E-state index in [1.807, 2.05) is 6.92 Å². The summed E-state index contributed by atoms with van der Waals surface area (Å²) >= 11 is 0. The highest BCUT2D eigenvalue weighted by Crippen LogP contribution is 2.30. The van der Waals surface area contributed by atoms with Gasteiger partial charge in [0.05, 0.1) is 0 Å². The van der Waals surface area contributed by atoms with Crippen molar-refractivity contribution in [1.82, 2.24) is 0 Å². The number of allylic oxidation sites excluding steroid dienone is 1. The van der Waals surface area contributed by atoms with Gasteiger partial charge in [-0.25, -0.2) is 0 Å². The Morgan fingerprint density at radius 2 is 1.56 bits per heavy atom. The summed E-state index contributed by atoms with van der Waals surface area (Å²) in [5.41, 5.74) is 4.48. The number of hydrogen-bond acceptors (Lipinski definition) is 1. The molecule has 0 bridgehead atoms. The Morgan fingerprint density at radius 1 is 1.12 bits per heavy atom. The molecule has 0 radical (unpaired) electrons. The van der Waals surface area contributed by atoms with Crippen LogP contribution in [0.3, 0.4) is 0 Å². The van der Waals surface area contributed by atoms with Crippen LogP contribution in [0.5, 0.6) is 5.75 Å². The zero-order valence-electron chi connectivity index (χ0n) is 11.3. The van der Waals surface area contributed by atoms with Crippen LogP contribution in [0.4, 0.5) is 0 Å². The van der Waals surface area contributed by atoms with Crippen molar-refractivity contribution in [2.45, 2.75) is 47.1 Å². The van der Waals surface area contributed by atoms with Gasteiger partial charge in [-0.05, 0) is 70.4 Å². The molecule has 0 amide bonds. The molecule has 0 spiro atoms. The average molecular weight is 218 g/mol. The summed E-state index contributed by atoms with van der Waals surface area (Å²) in [6.45, 7) is 16.4. The first-order valence-corrected chi connectivity index (χ1v) is 5.67. The lowest BCUT2D eigenvalue weighted by molar-refractivity contribution is 0.129. The van der Waals surface area contributed by atoms with Gasteiger partial charge in [0.15, 0.2) is 0 Å². The van der Waals surface area contributed by atoms with Crippen LogP contribution >= 0.6 is 0 Å². The standard InChI is InChI=1S/C15H22O/c1-10(2)13-8-11(3)14(12(4)9-13)16-15(5,6)7/h8-9H,1H2,2-7H3. The van der Waals surface area contributed by atoms with Gasteiger partial charge in [-0.15, -0.1) is 0 Å². The summed E-state index contributed by atoms with van der Waals surface area (Å²) in [7, 11) is 0. The van der Waals surface area contributed by atoms with Gasteiger partial charge < -0.3 is 4.74 Å². The van der Waals surface area contributed by atoms with Gasteiger partial charge in [0.2, 0.25) is 0 Å². The molecule has 0 saturated carbocycles. The molecule has 1 heteroatoms. The fraction of sp³-hybridized carbons (Fsp3) is 0.467. The highest BCUT2D eigenvalue weighted by Gasteiger charge is 2.15. The number of benzene rings is 1. The van der Waals surface area contributed by atoms with Crippen molar-refractivity contribution in [3.63, 3.8) is 0 Å². The lowest BCUT2D eigenvalue weighted by Gasteiger charge is -2.24. The zero-order chi connectivity index (χ0) is 12.5. The van der Waals surface area contributed by atoms with Gasteiger partial charge in [0, 0.05) is 0 Å². The molecule has 0 saturated heterocycles. The molecule has 0 aliphatic heterocycles.